The molecule has 4 rings (SSSR count). The van der Waals surface area contributed by atoms with Gasteiger partial charge in [0, 0.05) is 5.39 Å². The molecule has 4 heteroatoms. The van der Waals surface area contributed by atoms with Gasteiger partial charge in [0.2, 0.25) is 0 Å². The van der Waals surface area contributed by atoms with Gasteiger partial charge in [0.05, 0.1) is 17.3 Å². The molecule has 1 aliphatic rings. The van der Waals surface area contributed by atoms with E-state index >= 15 is 0 Å². The van der Waals surface area contributed by atoms with Crippen molar-refractivity contribution in [1.29, 1.82) is 0 Å². The van der Waals surface area contributed by atoms with Crippen LogP contribution in [0, 0.1) is 5.92 Å². The first kappa shape index (κ1) is 20.6. The Morgan fingerprint density at radius 3 is 2.82 bits per heavy atom. The van der Waals surface area contributed by atoms with Gasteiger partial charge in [0.1, 0.15) is 12.4 Å². The fraction of sp³-hybridized carbons (Fsp3) is 0.375. The third kappa shape index (κ3) is 4.48. The van der Waals surface area contributed by atoms with Gasteiger partial charge in [0.25, 0.3) is 0 Å². The van der Waals surface area contributed by atoms with Crippen molar-refractivity contribution in [2.45, 2.75) is 51.7 Å². The highest BCUT2D eigenvalue weighted by molar-refractivity contribution is 5.85. The Morgan fingerprint density at radius 2 is 1.96 bits per heavy atom. The van der Waals surface area contributed by atoms with Crippen molar-refractivity contribution in [1.82, 2.24) is 4.98 Å². The fourth-order valence-corrected chi connectivity index (χ4v) is 4.03. The number of aromatic nitrogens is 1. The molecule has 1 N–H and O–H groups in total. The number of pyridine rings is 1. The Hall–Kier alpha value is -2.10. The monoisotopic (exact) mass is 397 g/mol. The average Bonchev–Trinajstić information content (AvgIpc) is 2.72. The predicted octanol–water partition coefficient (Wildman–Crippen LogP) is 6.02. The SMILES string of the molecule is CCCCC1CCc2ccc(OCc3ccc4ccccc4n3)cc2C1O.Cl. The van der Waals surface area contributed by atoms with E-state index in [0.717, 1.165) is 47.2 Å². The molecule has 0 fully saturated rings. The first-order valence-corrected chi connectivity index (χ1v) is 10.0. The molecule has 28 heavy (non-hydrogen) atoms. The van der Waals surface area contributed by atoms with Gasteiger partial charge in [-0.15, -0.1) is 12.4 Å². The Labute approximate surface area is 173 Å². The topological polar surface area (TPSA) is 42.4 Å². The zero-order valence-corrected chi connectivity index (χ0v) is 17.1. The van der Waals surface area contributed by atoms with Crippen LogP contribution in [0.1, 0.15) is 55.5 Å². The first-order chi connectivity index (χ1) is 13.2. The summed E-state index contributed by atoms with van der Waals surface area (Å²) in [5.74, 6) is 1.17. The van der Waals surface area contributed by atoms with Crippen LogP contribution in [0.25, 0.3) is 10.9 Å². The van der Waals surface area contributed by atoms with Crippen molar-refractivity contribution < 1.29 is 9.84 Å². The van der Waals surface area contributed by atoms with E-state index in [4.69, 9.17) is 4.74 Å². The van der Waals surface area contributed by atoms with Gasteiger partial charge < -0.3 is 9.84 Å². The third-order valence-electron chi connectivity index (χ3n) is 5.64. The van der Waals surface area contributed by atoms with Gasteiger partial charge in [-0.05, 0) is 60.6 Å². The second-order valence-electron chi connectivity index (χ2n) is 7.53. The number of ether oxygens (including phenoxy) is 1. The van der Waals surface area contributed by atoms with Crippen molar-refractivity contribution in [2.75, 3.05) is 0 Å². The molecule has 0 radical (unpaired) electrons. The molecule has 3 aromatic rings. The largest absolute Gasteiger partial charge is 0.487 e. The lowest BCUT2D eigenvalue weighted by Gasteiger charge is -2.30. The summed E-state index contributed by atoms with van der Waals surface area (Å²) in [6, 6.07) is 18.3. The quantitative estimate of drug-likeness (QED) is 0.552. The number of hydrogen-bond donors (Lipinski definition) is 1. The van der Waals surface area contributed by atoms with Gasteiger partial charge in [-0.25, -0.2) is 4.98 Å². The highest BCUT2D eigenvalue weighted by Gasteiger charge is 2.27. The van der Waals surface area contributed by atoms with E-state index in [-0.39, 0.29) is 18.5 Å². The zero-order chi connectivity index (χ0) is 18.6. The minimum absolute atomic E-state index is 0. The van der Waals surface area contributed by atoms with Gasteiger partial charge in [-0.1, -0.05) is 50.1 Å². The van der Waals surface area contributed by atoms with Crippen LogP contribution in [0.2, 0.25) is 0 Å². The average molecular weight is 398 g/mol. The summed E-state index contributed by atoms with van der Waals surface area (Å²) in [4.78, 5) is 4.66. The van der Waals surface area contributed by atoms with Crippen molar-refractivity contribution >= 4 is 23.3 Å². The normalized spacial score (nSPS) is 18.4. The summed E-state index contributed by atoms with van der Waals surface area (Å²) in [5.41, 5.74) is 4.20. The lowest BCUT2D eigenvalue weighted by Crippen LogP contribution is -2.20. The second-order valence-corrected chi connectivity index (χ2v) is 7.53. The molecule has 148 valence electrons. The van der Waals surface area contributed by atoms with Crippen molar-refractivity contribution in [3.63, 3.8) is 0 Å². The lowest BCUT2D eigenvalue weighted by atomic mass is 9.79. The van der Waals surface area contributed by atoms with Crippen molar-refractivity contribution in [2.24, 2.45) is 5.92 Å². The van der Waals surface area contributed by atoms with Crippen LogP contribution >= 0.6 is 12.4 Å². The highest BCUT2D eigenvalue weighted by atomic mass is 35.5. The summed E-state index contributed by atoms with van der Waals surface area (Å²) in [6.45, 7) is 2.63. The number of aliphatic hydroxyl groups is 1. The molecule has 0 spiro atoms. The number of aliphatic hydroxyl groups excluding tert-OH is 1. The van der Waals surface area contributed by atoms with Gasteiger partial charge in [-0.2, -0.15) is 0 Å². The molecule has 1 heterocycles. The van der Waals surface area contributed by atoms with E-state index in [0.29, 0.717) is 12.5 Å². The number of fused-ring (bicyclic) bond motifs is 2. The number of aryl methyl sites for hydroxylation is 1. The molecular weight excluding hydrogens is 370 g/mol. The number of nitrogens with zero attached hydrogens (tertiary/aromatic N) is 1. The summed E-state index contributed by atoms with van der Waals surface area (Å²) in [7, 11) is 0. The van der Waals surface area contributed by atoms with Crippen LogP contribution in [0.4, 0.5) is 0 Å². The Morgan fingerprint density at radius 1 is 1.11 bits per heavy atom. The Kier molecular flexibility index (Phi) is 6.93. The van der Waals surface area contributed by atoms with Crippen LogP contribution in [0.3, 0.4) is 0 Å². The summed E-state index contributed by atoms with van der Waals surface area (Å²) >= 11 is 0. The highest BCUT2D eigenvalue weighted by Crippen LogP contribution is 2.38. The minimum atomic E-state index is -0.373. The number of benzene rings is 2. The van der Waals surface area contributed by atoms with Crippen LogP contribution in [-0.4, -0.2) is 10.1 Å². The van der Waals surface area contributed by atoms with Gasteiger partial charge >= 0.3 is 0 Å². The summed E-state index contributed by atoms with van der Waals surface area (Å²) in [6.07, 6.45) is 5.22. The maximum Gasteiger partial charge on any atom is 0.130 e. The number of para-hydroxylation sites is 1. The number of rotatable bonds is 6. The maximum atomic E-state index is 10.8. The molecule has 1 aromatic heterocycles. The third-order valence-corrected chi connectivity index (χ3v) is 5.64. The molecular formula is C24H28ClNO2. The molecule has 2 unspecified atom stereocenters. The lowest BCUT2D eigenvalue weighted by molar-refractivity contribution is 0.0868. The first-order valence-electron chi connectivity index (χ1n) is 10.0. The fourth-order valence-electron chi connectivity index (χ4n) is 4.03. The van der Waals surface area contributed by atoms with Crippen molar-refractivity contribution in [3.05, 3.63) is 71.4 Å². The van der Waals surface area contributed by atoms with E-state index in [2.05, 4.69) is 30.1 Å². The van der Waals surface area contributed by atoms with Crippen LogP contribution in [0.5, 0.6) is 5.75 Å². The minimum Gasteiger partial charge on any atom is -0.487 e. The standard InChI is InChI=1S/C24H27NO2.ClH/c1-2-3-6-19-10-9-17-12-14-21(15-22(17)24(19)26)27-16-20-13-11-18-7-4-5-8-23(18)25-20;/h4-5,7-8,11-15,19,24,26H,2-3,6,9-10,16H2,1H3;1H. The predicted molar refractivity (Wildman–Crippen MR) is 116 cm³/mol. The molecule has 0 aliphatic heterocycles. The van der Waals surface area contributed by atoms with Crippen LogP contribution < -0.4 is 4.74 Å². The van der Waals surface area contributed by atoms with E-state index in [1.165, 1.54) is 18.4 Å². The molecule has 2 atom stereocenters. The van der Waals surface area contributed by atoms with E-state index < -0.39 is 0 Å². The van der Waals surface area contributed by atoms with Crippen molar-refractivity contribution in [3.8, 4) is 5.75 Å². The Bertz CT molecular complexity index is 927. The van der Waals surface area contributed by atoms with E-state index in [1.807, 2.05) is 36.4 Å². The van der Waals surface area contributed by atoms with E-state index in [1.54, 1.807) is 0 Å². The smallest absolute Gasteiger partial charge is 0.130 e. The van der Waals surface area contributed by atoms with Crippen LogP contribution in [-0.2, 0) is 13.0 Å². The number of hydrogen-bond acceptors (Lipinski definition) is 3. The Balaban J connectivity index is 0.00000225. The molecule has 0 amide bonds. The molecule has 0 saturated carbocycles. The summed E-state index contributed by atoms with van der Waals surface area (Å²) in [5, 5.41) is 11.9. The van der Waals surface area contributed by atoms with Crippen LogP contribution in [0.15, 0.2) is 54.6 Å². The molecule has 2 aromatic carbocycles. The molecule has 3 nitrogen and oxygen atoms in total. The number of halogens is 1. The van der Waals surface area contributed by atoms with Gasteiger partial charge in [0.15, 0.2) is 0 Å². The molecule has 1 aliphatic carbocycles. The van der Waals surface area contributed by atoms with E-state index in [9.17, 15) is 5.11 Å². The van der Waals surface area contributed by atoms with Gasteiger partial charge in [-0.3, -0.25) is 0 Å². The molecule has 0 saturated heterocycles. The maximum absolute atomic E-state index is 10.8. The number of unbranched alkanes of at least 4 members (excludes halogenated alkanes) is 1. The zero-order valence-electron chi connectivity index (χ0n) is 16.3. The second kappa shape index (κ2) is 9.40. The summed E-state index contributed by atoms with van der Waals surface area (Å²) < 4.78 is 6.00. The molecule has 0 bridgehead atoms.